The predicted molar refractivity (Wildman–Crippen MR) is 80.1 cm³/mol. The fraction of sp³-hybridized carbons (Fsp3) is 0.231. The summed E-state index contributed by atoms with van der Waals surface area (Å²) in [4.78, 5) is 8.45. The Morgan fingerprint density at radius 3 is 2.45 bits per heavy atom. The van der Waals surface area contributed by atoms with Crippen LogP contribution < -0.4 is 11.1 Å². The van der Waals surface area contributed by atoms with Gasteiger partial charge in [-0.05, 0) is 18.6 Å². The Labute approximate surface area is 126 Å². The molecule has 1 aromatic heterocycles. The van der Waals surface area contributed by atoms with Crippen LogP contribution in [0.4, 0.5) is 21.7 Å². The van der Waals surface area contributed by atoms with E-state index < -0.39 is 5.82 Å². The van der Waals surface area contributed by atoms with Gasteiger partial charge in [-0.1, -0.05) is 30.1 Å². The highest BCUT2D eigenvalue weighted by atomic mass is 35.5. The molecule has 0 aliphatic carbocycles. The summed E-state index contributed by atoms with van der Waals surface area (Å²) in [7, 11) is 0. The van der Waals surface area contributed by atoms with Crippen molar-refractivity contribution in [3.8, 4) is 0 Å². The smallest absolute Gasteiger partial charge is 0.160 e. The molecule has 0 unspecified atom stereocenters. The Hall–Kier alpha value is -1.59. The van der Waals surface area contributed by atoms with Crippen molar-refractivity contribution in [2.45, 2.75) is 19.8 Å². The molecule has 20 heavy (non-hydrogen) atoms. The highest BCUT2D eigenvalue weighted by molar-refractivity contribution is 6.35. The summed E-state index contributed by atoms with van der Waals surface area (Å²) in [5, 5.41) is 2.87. The first-order valence-corrected chi connectivity index (χ1v) is 6.80. The topological polar surface area (TPSA) is 63.8 Å². The lowest BCUT2D eigenvalue weighted by atomic mass is 10.3. The molecular formula is C13H13Cl2FN4. The summed E-state index contributed by atoms with van der Waals surface area (Å²) in [5.41, 5.74) is 6.25. The number of nitrogens with two attached hydrogens (primary N) is 1. The number of hydrogen-bond acceptors (Lipinski definition) is 4. The molecule has 0 saturated carbocycles. The minimum atomic E-state index is -0.646. The summed E-state index contributed by atoms with van der Waals surface area (Å²) in [6.45, 7) is 2.03. The second-order valence-corrected chi connectivity index (χ2v) is 5.04. The number of anilines is 3. The Bertz CT molecular complexity index is 611. The zero-order chi connectivity index (χ0) is 14.7. The highest BCUT2D eigenvalue weighted by Crippen LogP contribution is 2.28. The van der Waals surface area contributed by atoms with Crippen LogP contribution in [0.2, 0.25) is 10.0 Å². The quantitative estimate of drug-likeness (QED) is 0.830. The molecule has 2 aromatic rings. The standard InChI is InChI=1S/C13H13Cl2FN4/c1-2-3-11-19-10(17)6-12(20-11)18-7-4-8(14)13(16)9(15)5-7/h4-6H,2-3H2,1H3,(H3,17,18,19,20). The molecule has 0 aliphatic rings. The number of benzene rings is 1. The molecule has 3 N–H and O–H groups in total. The largest absolute Gasteiger partial charge is 0.384 e. The van der Waals surface area contributed by atoms with E-state index in [1.54, 1.807) is 6.07 Å². The lowest BCUT2D eigenvalue weighted by molar-refractivity contribution is 0.629. The first kappa shape index (κ1) is 14.8. The van der Waals surface area contributed by atoms with Gasteiger partial charge in [-0.25, -0.2) is 14.4 Å². The average Bonchev–Trinajstić information content (AvgIpc) is 2.35. The van der Waals surface area contributed by atoms with Crippen molar-refractivity contribution in [3.63, 3.8) is 0 Å². The number of hydrogen-bond donors (Lipinski definition) is 2. The maximum Gasteiger partial charge on any atom is 0.160 e. The fourth-order valence-corrected chi connectivity index (χ4v) is 2.18. The van der Waals surface area contributed by atoms with Gasteiger partial charge in [-0.3, -0.25) is 0 Å². The van der Waals surface area contributed by atoms with Gasteiger partial charge < -0.3 is 11.1 Å². The van der Waals surface area contributed by atoms with Gasteiger partial charge in [0, 0.05) is 18.2 Å². The number of nitrogens with zero attached hydrogens (tertiary/aromatic N) is 2. The van der Waals surface area contributed by atoms with E-state index in [9.17, 15) is 4.39 Å². The van der Waals surface area contributed by atoms with E-state index in [1.807, 2.05) is 6.92 Å². The number of rotatable bonds is 4. The zero-order valence-corrected chi connectivity index (χ0v) is 12.3. The summed E-state index contributed by atoms with van der Waals surface area (Å²) in [6.07, 6.45) is 1.64. The highest BCUT2D eigenvalue weighted by Gasteiger charge is 2.09. The summed E-state index contributed by atoms with van der Waals surface area (Å²) in [5.74, 6) is 0.881. The predicted octanol–water partition coefficient (Wildman–Crippen LogP) is 4.20. The summed E-state index contributed by atoms with van der Waals surface area (Å²) in [6, 6.07) is 4.45. The average molecular weight is 315 g/mol. The van der Waals surface area contributed by atoms with Gasteiger partial charge in [-0.15, -0.1) is 0 Å². The number of halogens is 3. The van der Waals surface area contributed by atoms with Crippen molar-refractivity contribution < 1.29 is 4.39 Å². The molecule has 0 bridgehead atoms. The number of aryl methyl sites for hydroxylation is 1. The van der Waals surface area contributed by atoms with Crippen LogP contribution in [0.1, 0.15) is 19.2 Å². The van der Waals surface area contributed by atoms with Crippen LogP contribution in [0.5, 0.6) is 0 Å². The minimum Gasteiger partial charge on any atom is -0.384 e. The van der Waals surface area contributed by atoms with E-state index in [1.165, 1.54) is 12.1 Å². The molecule has 2 rings (SSSR count). The van der Waals surface area contributed by atoms with Crippen LogP contribution in [-0.4, -0.2) is 9.97 Å². The Morgan fingerprint density at radius 2 is 1.85 bits per heavy atom. The van der Waals surface area contributed by atoms with E-state index in [0.717, 1.165) is 12.8 Å². The van der Waals surface area contributed by atoms with Crippen LogP contribution in [0, 0.1) is 5.82 Å². The second-order valence-electron chi connectivity index (χ2n) is 4.22. The van der Waals surface area contributed by atoms with Gasteiger partial charge in [0.2, 0.25) is 0 Å². The zero-order valence-electron chi connectivity index (χ0n) is 10.8. The normalized spacial score (nSPS) is 10.6. The SMILES string of the molecule is CCCc1nc(N)cc(Nc2cc(Cl)c(F)c(Cl)c2)n1. The molecule has 0 radical (unpaired) electrons. The number of nitrogen functional groups attached to an aromatic ring is 1. The van der Waals surface area contributed by atoms with Gasteiger partial charge in [-0.2, -0.15) is 0 Å². The maximum absolute atomic E-state index is 13.3. The van der Waals surface area contributed by atoms with Crippen LogP contribution in [-0.2, 0) is 6.42 Å². The molecule has 1 aromatic carbocycles. The molecule has 106 valence electrons. The van der Waals surface area contributed by atoms with Crippen molar-refractivity contribution in [2.24, 2.45) is 0 Å². The molecule has 4 nitrogen and oxygen atoms in total. The van der Waals surface area contributed by atoms with E-state index >= 15 is 0 Å². The van der Waals surface area contributed by atoms with Gasteiger partial charge in [0.05, 0.1) is 10.0 Å². The summed E-state index contributed by atoms with van der Waals surface area (Å²) >= 11 is 11.5. The lowest BCUT2D eigenvalue weighted by Crippen LogP contribution is -2.03. The van der Waals surface area contributed by atoms with Gasteiger partial charge in [0.1, 0.15) is 17.5 Å². The van der Waals surface area contributed by atoms with Crippen molar-refractivity contribution in [3.05, 3.63) is 39.9 Å². The second kappa shape index (κ2) is 6.24. The molecular weight excluding hydrogens is 302 g/mol. The third-order valence-corrected chi connectivity index (χ3v) is 3.07. The lowest BCUT2D eigenvalue weighted by Gasteiger charge is -2.09. The van der Waals surface area contributed by atoms with E-state index in [-0.39, 0.29) is 10.0 Å². The molecule has 0 atom stereocenters. The number of nitrogens with one attached hydrogen (secondary N) is 1. The van der Waals surface area contributed by atoms with Crippen molar-refractivity contribution in [2.75, 3.05) is 11.1 Å². The van der Waals surface area contributed by atoms with E-state index in [2.05, 4.69) is 15.3 Å². The van der Waals surface area contributed by atoms with Crippen LogP contribution in [0.15, 0.2) is 18.2 Å². The van der Waals surface area contributed by atoms with E-state index in [0.29, 0.717) is 23.1 Å². The van der Waals surface area contributed by atoms with Crippen LogP contribution in [0.25, 0.3) is 0 Å². The van der Waals surface area contributed by atoms with Crippen LogP contribution >= 0.6 is 23.2 Å². The van der Waals surface area contributed by atoms with Gasteiger partial charge in [0.25, 0.3) is 0 Å². The van der Waals surface area contributed by atoms with Crippen molar-refractivity contribution in [1.82, 2.24) is 9.97 Å². The molecule has 1 heterocycles. The maximum atomic E-state index is 13.3. The monoisotopic (exact) mass is 314 g/mol. The first-order valence-electron chi connectivity index (χ1n) is 6.04. The third-order valence-electron chi connectivity index (χ3n) is 2.52. The summed E-state index contributed by atoms with van der Waals surface area (Å²) < 4.78 is 13.3. The molecule has 0 fully saturated rings. The fourth-order valence-electron chi connectivity index (χ4n) is 1.69. The van der Waals surface area contributed by atoms with Gasteiger partial charge in [0.15, 0.2) is 5.82 Å². The van der Waals surface area contributed by atoms with Gasteiger partial charge >= 0.3 is 0 Å². The first-order chi connectivity index (χ1) is 9.49. The Balaban J connectivity index is 2.30. The minimum absolute atomic E-state index is 0.0594. The molecule has 7 heteroatoms. The molecule has 0 amide bonds. The number of aromatic nitrogens is 2. The molecule has 0 spiro atoms. The third kappa shape index (κ3) is 3.49. The molecule has 0 saturated heterocycles. The van der Waals surface area contributed by atoms with Crippen molar-refractivity contribution >= 4 is 40.5 Å². The molecule has 0 aliphatic heterocycles. The Morgan fingerprint density at radius 1 is 1.20 bits per heavy atom. The van der Waals surface area contributed by atoms with Crippen LogP contribution in [0.3, 0.4) is 0 Å². The van der Waals surface area contributed by atoms with E-state index in [4.69, 9.17) is 28.9 Å². The van der Waals surface area contributed by atoms with Crippen molar-refractivity contribution in [1.29, 1.82) is 0 Å². The Kier molecular flexibility index (Phi) is 4.62.